The highest BCUT2D eigenvalue weighted by Gasteiger charge is 2.00. The first-order valence-corrected chi connectivity index (χ1v) is 4.92. The summed E-state index contributed by atoms with van der Waals surface area (Å²) in [5.74, 6) is 0. The summed E-state index contributed by atoms with van der Waals surface area (Å²) in [7, 11) is 0. The van der Waals surface area contributed by atoms with Crippen LogP contribution in [0.1, 0.15) is 11.1 Å². The lowest BCUT2D eigenvalue weighted by molar-refractivity contribution is 0.281. The average Bonchev–Trinajstić information content (AvgIpc) is 2.31. The van der Waals surface area contributed by atoms with Gasteiger partial charge in [-0.05, 0) is 35.2 Å². The van der Waals surface area contributed by atoms with Crippen molar-refractivity contribution in [2.75, 3.05) is 0 Å². The molecule has 2 aromatic carbocycles. The summed E-state index contributed by atoms with van der Waals surface area (Å²) in [6.07, 6.45) is 0. The second kappa shape index (κ2) is 4.28. The third kappa shape index (κ3) is 2.08. The molecular formula is C14H13O. The van der Waals surface area contributed by atoms with E-state index in [0.717, 1.165) is 22.3 Å². The molecule has 0 aromatic heterocycles. The zero-order valence-corrected chi connectivity index (χ0v) is 8.48. The molecule has 0 aliphatic rings. The van der Waals surface area contributed by atoms with Gasteiger partial charge in [-0.1, -0.05) is 42.5 Å². The van der Waals surface area contributed by atoms with Crippen LogP contribution in [-0.4, -0.2) is 5.11 Å². The van der Waals surface area contributed by atoms with Gasteiger partial charge in [0.2, 0.25) is 0 Å². The molecule has 0 atom stereocenters. The van der Waals surface area contributed by atoms with Gasteiger partial charge < -0.3 is 5.11 Å². The fraction of sp³-hybridized carbons (Fsp3) is 0.0714. The SMILES string of the molecule is [CH2]c1ccc(-c2ccccc2)cc1CO. The number of benzene rings is 2. The van der Waals surface area contributed by atoms with E-state index in [9.17, 15) is 0 Å². The Bertz CT molecular complexity index is 446. The summed E-state index contributed by atoms with van der Waals surface area (Å²) in [5, 5.41) is 9.15. The van der Waals surface area contributed by atoms with E-state index in [2.05, 4.69) is 19.1 Å². The molecule has 0 fully saturated rings. The quantitative estimate of drug-likeness (QED) is 0.784. The van der Waals surface area contributed by atoms with Crippen LogP contribution in [0, 0.1) is 6.92 Å². The Morgan fingerprint density at radius 1 is 0.933 bits per heavy atom. The predicted molar refractivity (Wildman–Crippen MR) is 62.3 cm³/mol. The largest absolute Gasteiger partial charge is 0.392 e. The van der Waals surface area contributed by atoms with Gasteiger partial charge in [0, 0.05) is 0 Å². The second-order valence-electron chi connectivity index (χ2n) is 3.51. The van der Waals surface area contributed by atoms with Crippen LogP contribution >= 0.6 is 0 Å². The summed E-state index contributed by atoms with van der Waals surface area (Å²) in [6.45, 7) is 3.91. The van der Waals surface area contributed by atoms with Crippen LogP contribution in [0.4, 0.5) is 0 Å². The van der Waals surface area contributed by atoms with Crippen molar-refractivity contribution < 1.29 is 5.11 Å². The first-order valence-electron chi connectivity index (χ1n) is 4.92. The molecule has 1 nitrogen and oxygen atoms in total. The minimum atomic E-state index is 0.0412. The van der Waals surface area contributed by atoms with E-state index in [4.69, 9.17) is 5.11 Å². The molecule has 2 aromatic rings. The van der Waals surface area contributed by atoms with E-state index in [1.54, 1.807) is 0 Å². The van der Waals surface area contributed by atoms with Gasteiger partial charge in [0.05, 0.1) is 6.61 Å². The Morgan fingerprint density at radius 2 is 1.67 bits per heavy atom. The maximum Gasteiger partial charge on any atom is 0.0684 e. The van der Waals surface area contributed by atoms with Crippen molar-refractivity contribution in [1.29, 1.82) is 0 Å². The van der Waals surface area contributed by atoms with Crippen LogP contribution in [0.15, 0.2) is 48.5 Å². The maximum atomic E-state index is 9.15. The van der Waals surface area contributed by atoms with Crippen LogP contribution in [-0.2, 0) is 6.61 Å². The van der Waals surface area contributed by atoms with Crippen molar-refractivity contribution in [2.45, 2.75) is 6.61 Å². The Morgan fingerprint density at radius 3 is 2.33 bits per heavy atom. The molecule has 0 unspecified atom stereocenters. The van der Waals surface area contributed by atoms with E-state index in [1.165, 1.54) is 0 Å². The van der Waals surface area contributed by atoms with Gasteiger partial charge in [-0.15, -0.1) is 0 Å². The van der Waals surface area contributed by atoms with Gasteiger partial charge in [-0.3, -0.25) is 0 Å². The maximum absolute atomic E-state index is 9.15. The lowest BCUT2D eigenvalue weighted by Crippen LogP contribution is -1.89. The van der Waals surface area contributed by atoms with Crippen molar-refractivity contribution in [2.24, 2.45) is 0 Å². The molecule has 0 bridgehead atoms. The molecule has 0 spiro atoms. The Balaban J connectivity index is 2.46. The molecule has 0 saturated carbocycles. The van der Waals surface area contributed by atoms with E-state index >= 15 is 0 Å². The molecular weight excluding hydrogens is 184 g/mol. The lowest BCUT2D eigenvalue weighted by atomic mass is 10.0. The summed E-state index contributed by atoms with van der Waals surface area (Å²) >= 11 is 0. The smallest absolute Gasteiger partial charge is 0.0684 e. The van der Waals surface area contributed by atoms with Crippen LogP contribution in [0.25, 0.3) is 11.1 Å². The van der Waals surface area contributed by atoms with Crippen LogP contribution < -0.4 is 0 Å². The van der Waals surface area contributed by atoms with E-state index in [0.29, 0.717) is 0 Å². The molecule has 0 aliphatic carbocycles. The standard InChI is InChI=1S/C14H13O/c1-11-7-8-13(9-14(11)10-15)12-5-3-2-4-6-12/h2-9,15H,1,10H2. The van der Waals surface area contributed by atoms with Gasteiger partial charge in [-0.2, -0.15) is 0 Å². The van der Waals surface area contributed by atoms with Gasteiger partial charge in [-0.25, -0.2) is 0 Å². The number of hydrogen-bond donors (Lipinski definition) is 1. The Kier molecular flexibility index (Phi) is 2.84. The molecule has 1 N–H and O–H groups in total. The summed E-state index contributed by atoms with van der Waals surface area (Å²) in [6, 6.07) is 16.1. The van der Waals surface area contributed by atoms with E-state index < -0.39 is 0 Å². The highest BCUT2D eigenvalue weighted by atomic mass is 16.3. The molecule has 0 heterocycles. The van der Waals surface area contributed by atoms with Crippen molar-refractivity contribution in [3.05, 3.63) is 66.6 Å². The topological polar surface area (TPSA) is 20.2 Å². The van der Waals surface area contributed by atoms with E-state index in [-0.39, 0.29) is 6.61 Å². The zero-order valence-electron chi connectivity index (χ0n) is 8.48. The first kappa shape index (κ1) is 9.94. The first-order chi connectivity index (χ1) is 7.31. The van der Waals surface area contributed by atoms with Crippen molar-refractivity contribution in [3.8, 4) is 11.1 Å². The number of aliphatic hydroxyl groups excluding tert-OH is 1. The fourth-order valence-electron chi connectivity index (χ4n) is 1.58. The lowest BCUT2D eigenvalue weighted by Gasteiger charge is -2.06. The predicted octanol–water partition coefficient (Wildman–Crippen LogP) is 3.03. The normalized spacial score (nSPS) is 10.3. The highest BCUT2D eigenvalue weighted by Crippen LogP contribution is 2.21. The molecule has 1 radical (unpaired) electrons. The summed E-state index contributed by atoms with van der Waals surface area (Å²) in [4.78, 5) is 0. The van der Waals surface area contributed by atoms with Crippen molar-refractivity contribution in [3.63, 3.8) is 0 Å². The number of rotatable bonds is 2. The molecule has 1 heteroatoms. The minimum Gasteiger partial charge on any atom is -0.392 e. The van der Waals surface area contributed by atoms with Gasteiger partial charge in [0.25, 0.3) is 0 Å². The van der Waals surface area contributed by atoms with Crippen LogP contribution in [0.5, 0.6) is 0 Å². The summed E-state index contributed by atoms with van der Waals surface area (Å²) in [5.41, 5.74) is 4.05. The number of aliphatic hydroxyl groups is 1. The van der Waals surface area contributed by atoms with Gasteiger partial charge in [0.15, 0.2) is 0 Å². The molecule has 0 amide bonds. The number of hydrogen-bond acceptors (Lipinski definition) is 1. The van der Waals surface area contributed by atoms with Gasteiger partial charge in [0.1, 0.15) is 0 Å². The zero-order chi connectivity index (χ0) is 10.7. The Labute approximate surface area is 90.0 Å². The third-order valence-electron chi connectivity index (χ3n) is 2.48. The molecule has 0 aliphatic heterocycles. The van der Waals surface area contributed by atoms with Gasteiger partial charge >= 0.3 is 0 Å². The fourth-order valence-corrected chi connectivity index (χ4v) is 1.58. The third-order valence-corrected chi connectivity index (χ3v) is 2.48. The van der Waals surface area contributed by atoms with Crippen molar-refractivity contribution in [1.82, 2.24) is 0 Å². The molecule has 2 rings (SSSR count). The second-order valence-corrected chi connectivity index (χ2v) is 3.51. The molecule has 75 valence electrons. The Hall–Kier alpha value is -1.60. The van der Waals surface area contributed by atoms with Crippen molar-refractivity contribution >= 4 is 0 Å². The van der Waals surface area contributed by atoms with Crippen LogP contribution in [0.3, 0.4) is 0 Å². The minimum absolute atomic E-state index is 0.0412. The molecule has 0 saturated heterocycles. The highest BCUT2D eigenvalue weighted by molar-refractivity contribution is 5.64. The van der Waals surface area contributed by atoms with Crippen LogP contribution in [0.2, 0.25) is 0 Å². The van der Waals surface area contributed by atoms with E-state index in [1.807, 2.05) is 36.4 Å². The average molecular weight is 197 g/mol. The molecule has 15 heavy (non-hydrogen) atoms. The monoisotopic (exact) mass is 197 g/mol. The summed E-state index contributed by atoms with van der Waals surface area (Å²) < 4.78 is 0.